The van der Waals surface area contributed by atoms with Gasteiger partial charge in [-0.2, -0.15) is 0 Å². The minimum atomic E-state index is -1.16. The van der Waals surface area contributed by atoms with Gasteiger partial charge in [-0.05, 0) is 5.56 Å². The van der Waals surface area contributed by atoms with Crippen LogP contribution in [0.4, 0.5) is 4.39 Å². The predicted molar refractivity (Wildman–Crippen MR) is 63.1 cm³/mol. The smallest absolute Gasteiger partial charge is 0.217 e. The highest BCUT2D eigenvalue weighted by atomic mass is 19.1. The van der Waals surface area contributed by atoms with E-state index < -0.39 is 6.17 Å². The van der Waals surface area contributed by atoms with Crippen LogP contribution in [0.5, 0.6) is 0 Å². The molecule has 0 saturated heterocycles. The molecule has 0 amide bonds. The number of carbonyl (C=O) groups excluding carboxylic acids is 1. The lowest BCUT2D eigenvalue weighted by molar-refractivity contribution is 0.100. The minimum Gasteiger partial charge on any atom is -0.291 e. The van der Waals surface area contributed by atoms with Gasteiger partial charge in [0, 0.05) is 13.3 Å². The summed E-state index contributed by atoms with van der Waals surface area (Å²) in [4.78, 5) is 15.2. The summed E-state index contributed by atoms with van der Waals surface area (Å²) in [5.41, 5.74) is 0.985. The number of Topliss-reactive ketones (excluding diaryl/α,β-unsaturated/α-hetero) is 1. The highest BCUT2D eigenvalue weighted by Crippen LogP contribution is 2.39. The van der Waals surface area contributed by atoms with E-state index in [2.05, 4.69) is 10.1 Å². The van der Waals surface area contributed by atoms with Crippen molar-refractivity contribution in [3.8, 4) is 0 Å². The van der Waals surface area contributed by atoms with Gasteiger partial charge < -0.3 is 0 Å². The van der Waals surface area contributed by atoms with E-state index in [0.717, 1.165) is 5.56 Å². The van der Waals surface area contributed by atoms with E-state index in [1.807, 2.05) is 30.3 Å². The number of ketones is 1. The van der Waals surface area contributed by atoms with E-state index in [9.17, 15) is 9.18 Å². The van der Waals surface area contributed by atoms with Crippen LogP contribution < -0.4 is 0 Å². The molecule has 0 spiro atoms. The molecule has 92 valence electrons. The molecule has 2 atom stereocenters. The summed E-state index contributed by atoms with van der Waals surface area (Å²) in [6.45, 7) is 1.38. The Morgan fingerprint density at radius 3 is 2.78 bits per heavy atom. The van der Waals surface area contributed by atoms with Gasteiger partial charge in [-0.3, -0.25) is 4.79 Å². The van der Waals surface area contributed by atoms with Crippen molar-refractivity contribution in [3.05, 3.63) is 47.5 Å². The molecule has 1 aromatic heterocycles. The number of rotatable bonds is 2. The summed E-state index contributed by atoms with van der Waals surface area (Å²) >= 11 is 0. The predicted octanol–water partition coefficient (Wildman–Crippen LogP) is 2.48. The molecule has 0 fully saturated rings. The third-order valence-electron chi connectivity index (χ3n) is 3.16. The summed E-state index contributed by atoms with van der Waals surface area (Å²) in [5, 5.41) is 4.11. The SMILES string of the molecule is CC(=O)c1nc2n(n1)[C@@H](c1ccccc1)C[C@H]2F. The molecule has 4 nitrogen and oxygen atoms in total. The summed E-state index contributed by atoms with van der Waals surface area (Å²) in [6, 6.07) is 9.42. The first kappa shape index (κ1) is 11.1. The highest BCUT2D eigenvalue weighted by Gasteiger charge is 2.35. The molecule has 1 aliphatic heterocycles. The Bertz CT molecular complexity index is 594. The van der Waals surface area contributed by atoms with Crippen molar-refractivity contribution in [2.24, 2.45) is 0 Å². The van der Waals surface area contributed by atoms with Crippen LogP contribution in [-0.4, -0.2) is 20.5 Å². The number of hydrogen-bond acceptors (Lipinski definition) is 3. The Morgan fingerprint density at radius 1 is 1.39 bits per heavy atom. The normalized spacial score (nSPS) is 21.9. The van der Waals surface area contributed by atoms with E-state index in [1.165, 1.54) is 11.6 Å². The zero-order valence-electron chi connectivity index (χ0n) is 9.88. The van der Waals surface area contributed by atoms with Gasteiger partial charge in [0.15, 0.2) is 17.8 Å². The molecule has 1 aromatic carbocycles. The van der Waals surface area contributed by atoms with Crippen LogP contribution in [0.1, 0.15) is 47.6 Å². The average Bonchev–Trinajstić information content (AvgIpc) is 2.92. The van der Waals surface area contributed by atoms with Gasteiger partial charge in [0.05, 0.1) is 6.04 Å². The molecule has 0 radical (unpaired) electrons. The van der Waals surface area contributed by atoms with Gasteiger partial charge in [0.1, 0.15) is 0 Å². The zero-order valence-corrected chi connectivity index (χ0v) is 9.88. The van der Waals surface area contributed by atoms with Crippen molar-refractivity contribution in [1.82, 2.24) is 14.8 Å². The Balaban J connectivity index is 2.05. The van der Waals surface area contributed by atoms with Gasteiger partial charge in [-0.1, -0.05) is 30.3 Å². The second-order valence-electron chi connectivity index (χ2n) is 4.42. The quantitative estimate of drug-likeness (QED) is 0.764. The first-order valence-electron chi connectivity index (χ1n) is 5.83. The maximum Gasteiger partial charge on any atom is 0.217 e. The monoisotopic (exact) mass is 245 g/mol. The summed E-state index contributed by atoms with van der Waals surface area (Å²) in [6.07, 6.45) is -0.826. The third kappa shape index (κ3) is 1.63. The Hall–Kier alpha value is -2.04. The third-order valence-corrected chi connectivity index (χ3v) is 3.16. The summed E-state index contributed by atoms with van der Waals surface area (Å²) in [5.74, 6) is 0.109. The highest BCUT2D eigenvalue weighted by molar-refractivity contribution is 5.90. The van der Waals surface area contributed by atoms with Gasteiger partial charge in [-0.15, -0.1) is 5.10 Å². The van der Waals surface area contributed by atoms with Gasteiger partial charge in [0.2, 0.25) is 5.82 Å². The van der Waals surface area contributed by atoms with Crippen LogP contribution >= 0.6 is 0 Å². The molecule has 0 unspecified atom stereocenters. The first-order chi connectivity index (χ1) is 8.66. The van der Waals surface area contributed by atoms with Gasteiger partial charge in [-0.25, -0.2) is 14.1 Å². The fourth-order valence-electron chi connectivity index (χ4n) is 2.28. The lowest BCUT2D eigenvalue weighted by Crippen LogP contribution is -2.08. The van der Waals surface area contributed by atoms with Crippen molar-refractivity contribution in [2.45, 2.75) is 25.6 Å². The van der Waals surface area contributed by atoms with Crippen molar-refractivity contribution in [1.29, 1.82) is 0 Å². The standard InChI is InChI=1S/C13H12FN3O/c1-8(18)12-15-13-10(14)7-11(17(13)16-12)9-5-3-2-4-6-9/h2-6,10-11H,7H2,1H3/t10-,11-/m1/s1. The van der Waals surface area contributed by atoms with Crippen LogP contribution in [0.15, 0.2) is 30.3 Å². The topological polar surface area (TPSA) is 47.8 Å². The molecule has 5 heteroatoms. The maximum atomic E-state index is 13.9. The second kappa shape index (κ2) is 4.01. The van der Waals surface area contributed by atoms with Crippen molar-refractivity contribution >= 4 is 5.78 Å². The molecule has 0 bridgehead atoms. The molecule has 18 heavy (non-hydrogen) atoms. The van der Waals surface area contributed by atoms with Crippen molar-refractivity contribution < 1.29 is 9.18 Å². The summed E-state index contributed by atoms with van der Waals surface area (Å²) in [7, 11) is 0. The van der Waals surface area contributed by atoms with Crippen molar-refractivity contribution in [3.63, 3.8) is 0 Å². The van der Waals surface area contributed by atoms with Crippen molar-refractivity contribution in [2.75, 3.05) is 0 Å². The fraction of sp³-hybridized carbons (Fsp3) is 0.308. The van der Waals surface area contributed by atoms with Crippen LogP contribution in [0.25, 0.3) is 0 Å². The number of halogens is 1. The molecule has 1 aliphatic rings. The van der Waals surface area contributed by atoms with Gasteiger partial charge in [0.25, 0.3) is 0 Å². The van der Waals surface area contributed by atoms with E-state index >= 15 is 0 Å². The van der Waals surface area contributed by atoms with Crippen LogP contribution in [0, 0.1) is 0 Å². The molecule has 0 saturated carbocycles. The largest absolute Gasteiger partial charge is 0.291 e. The van der Waals surface area contributed by atoms with E-state index in [1.54, 1.807) is 0 Å². The van der Waals surface area contributed by atoms with E-state index in [0.29, 0.717) is 6.42 Å². The van der Waals surface area contributed by atoms with Crippen LogP contribution in [0.2, 0.25) is 0 Å². The molecule has 3 rings (SSSR count). The maximum absolute atomic E-state index is 13.9. The van der Waals surface area contributed by atoms with Crippen LogP contribution in [0.3, 0.4) is 0 Å². The second-order valence-corrected chi connectivity index (χ2v) is 4.42. The number of aromatic nitrogens is 3. The summed E-state index contributed by atoms with van der Waals surface area (Å²) < 4.78 is 15.4. The molecule has 2 aromatic rings. The number of benzene rings is 1. The number of hydrogen-bond donors (Lipinski definition) is 0. The Morgan fingerprint density at radius 2 is 2.11 bits per heavy atom. The number of alkyl halides is 1. The average molecular weight is 245 g/mol. The van der Waals surface area contributed by atoms with Crippen LogP contribution in [-0.2, 0) is 0 Å². The Kier molecular flexibility index (Phi) is 2.47. The van der Waals surface area contributed by atoms with E-state index in [-0.39, 0.29) is 23.5 Å². The minimum absolute atomic E-state index is 0.0910. The molecular formula is C13H12FN3O. The fourth-order valence-corrected chi connectivity index (χ4v) is 2.28. The van der Waals surface area contributed by atoms with E-state index in [4.69, 9.17) is 0 Å². The number of fused-ring (bicyclic) bond motifs is 1. The number of carbonyl (C=O) groups is 1. The lowest BCUT2D eigenvalue weighted by Gasteiger charge is -2.11. The first-order valence-corrected chi connectivity index (χ1v) is 5.83. The zero-order chi connectivity index (χ0) is 12.7. The molecule has 0 aliphatic carbocycles. The molecule has 2 heterocycles. The number of nitrogens with zero attached hydrogens (tertiary/aromatic N) is 3. The molecule has 0 N–H and O–H groups in total. The van der Waals surface area contributed by atoms with Gasteiger partial charge >= 0.3 is 0 Å². The lowest BCUT2D eigenvalue weighted by atomic mass is 10.0. The molecular weight excluding hydrogens is 233 g/mol. The Labute approximate surface area is 103 Å².